The standard InChI is InChI=1S/C19H23NO3/c1-14(15-8-4-2-5-9-15)12-18(21)20-17(13-23-19(20)22)16-10-6-3-7-11-16/h3,6-7,10-12,15,17H,2,4-5,8-9,13H2,1H3/t17-/m0/s1. The number of benzene rings is 1. The molecule has 3 rings (SSSR count). The molecule has 1 aliphatic carbocycles. The maximum absolute atomic E-state index is 12.6. The third kappa shape index (κ3) is 3.46. The van der Waals surface area contributed by atoms with Crippen LogP contribution in [0.5, 0.6) is 0 Å². The zero-order valence-electron chi connectivity index (χ0n) is 13.5. The van der Waals surface area contributed by atoms with E-state index in [2.05, 4.69) is 0 Å². The zero-order chi connectivity index (χ0) is 16.2. The lowest BCUT2D eigenvalue weighted by molar-refractivity contribution is -0.124. The summed E-state index contributed by atoms with van der Waals surface area (Å²) in [6.45, 7) is 2.23. The van der Waals surface area contributed by atoms with Crippen molar-refractivity contribution in [1.29, 1.82) is 0 Å². The van der Waals surface area contributed by atoms with E-state index in [1.165, 1.54) is 24.2 Å². The lowest BCUT2D eigenvalue weighted by Crippen LogP contribution is -2.33. The Morgan fingerprint density at radius 1 is 1.17 bits per heavy atom. The summed E-state index contributed by atoms with van der Waals surface area (Å²) >= 11 is 0. The first kappa shape index (κ1) is 15.8. The van der Waals surface area contributed by atoms with Crippen molar-refractivity contribution in [2.75, 3.05) is 6.61 Å². The molecule has 1 atom stereocenters. The predicted octanol–water partition coefficient (Wildman–Crippen LogP) is 4.23. The molecule has 1 aromatic carbocycles. The van der Waals surface area contributed by atoms with Crippen LogP contribution in [-0.4, -0.2) is 23.5 Å². The molecule has 1 aliphatic heterocycles. The van der Waals surface area contributed by atoms with Crippen LogP contribution >= 0.6 is 0 Å². The van der Waals surface area contributed by atoms with Gasteiger partial charge in [-0.2, -0.15) is 0 Å². The van der Waals surface area contributed by atoms with E-state index < -0.39 is 6.09 Å². The Kier molecular flexibility index (Phi) is 4.79. The van der Waals surface area contributed by atoms with Crippen LogP contribution in [-0.2, 0) is 9.53 Å². The molecule has 1 aromatic rings. The van der Waals surface area contributed by atoms with Crippen LogP contribution in [0.25, 0.3) is 0 Å². The van der Waals surface area contributed by atoms with Crippen molar-refractivity contribution in [3.63, 3.8) is 0 Å². The fourth-order valence-electron chi connectivity index (χ4n) is 3.53. The molecule has 2 aliphatic rings. The van der Waals surface area contributed by atoms with E-state index in [0.717, 1.165) is 24.0 Å². The van der Waals surface area contributed by atoms with Gasteiger partial charge in [-0.05, 0) is 31.2 Å². The Morgan fingerprint density at radius 2 is 1.87 bits per heavy atom. The highest BCUT2D eigenvalue weighted by Gasteiger charge is 2.38. The van der Waals surface area contributed by atoms with Crippen molar-refractivity contribution in [3.8, 4) is 0 Å². The van der Waals surface area contributed by atoms with Gasteiger partial charge in [0.25, 0.3) is 5.91 Å². The van der Waals surface area contributed by atoms with Crippen molar-refractivity contribution >= 4 is 12.0 Å². The average Bonchev–Trinajstić information content (AvgIpc) is 2.98. The lowest BCUT2D eigenvalue weighted by atomic mass is 9.84. The second-order valence-electron chi connectivity index (χ2n) is 6.43. The van der Waals surface area contributed by atoms with Gasteiger partial charge < -0.3 is 4.74 Å². The Morgan fingerprint density at radius 3 is 2.57 bits per heavy atom. The molecule has 1 saturated heterocycles. The Labute approximate surface area is 137 Å². The summed E-state index contributed by atoms with van der Waals surface area (Å²) in [7, 11) is 0. The van der Waals surface area contributed by atoms with Gasteiger partial charge in [-0.1, -0.05) is 55.2 Å². The number of rotatable bonds is 3. The third-order valence-electron chi connectivity index (χ3n) is 4.90. The van der Waals surface area contributed by atoms with Gasteiger partial charge in [0.05, 0.1) is 0 Å². The molecular formula is C19H23NO3. The third-order valence-corrected chi connectivity index (χ3v) is 4.90. The maximum Gasteiger partial charge on any atom is 0.417 e. The monoisotopic (exact) mass is 313 g/mol. The minimum absolute atomic E-state index is 0.227. The van der Waals surface area contributed by atoms with Gasteiger partial charge in [0.2, 0.25) is 0 Å². The fraction of sp³-hybridized carbons (Fsp3) is 0.474. The summed E-state index contributed by atoms with van der Waals surface area (Å²) in [6, 6.07) is 9.25. The topological polar surface area (TPSA) is 46.6 Å². The lowest BCUT2D eigenvalue weighted by Gasteiger charge is -2.23. The quantitative estimate of drug-likeness (QED) is 0.784. The van der Waals surface area contributed by atoms with E-state index in [4.69, 9.17) is 4.74 Å². The van der Waals surface area contributed by atoms with Gasteiger partial charge in [0.1, 0.15) is 12.6 Å². The Hall–Kier alpha value is -2.10. The summed E-state index contributed by atoms with van der Waals surface area (Å²) in [4.78, 5) is 25.9. The van der Waals surface area contributed by atoms with E-state index in [1.54, 1.807) is 6.08 Å². The van der Waals surface area contributed by atoms with Gasteiger partial charge >= 0.3 is 6.09 Å². The van der Waals surface area contributed by atoms with Gasteiger partial charge in [-0.3, -0.25) is 4.79 Å². The van der Waals surface area contributed by atoms with E-state index in [1.807, 2.05) is 37.3 Å². The molecule has 4 heteroatoms. The second kappa shape index (κ2) is 6.99. The minimum atomic E-state index is -0.545. The van der Waals surface area contributed by atoms with Crippen LogP contribution in [0.15, 0.2) is 42.0 Å². The molecule has 1 saturated carbocycles. The predicted molar refractivity (Wildman–Crippen MR) is 87.7 cm³/mol. The normalized spacial score (nSPS) is 23.0. The first-order valence-corrected chi connectivity index (χ1v) is 8.40. The first-order chi connectivity index (χ1) is 11.2. The second-order valence-corrected chi connectivity index (χ2v) is 6.43. The number of carbonyl (C=O) groups is 2. The molecule has 0 radical (unpaired) electrons. The molecule has 122 valence electrons. The van der Waals surface area contributed by atoms with Crippen LogP contribution in [0.3, 0.4) is 0 Å². The van der Waals surface area contributed by atoms with Gasteiger partial charge in [0.15, 0.2) is 0 Å². The molecular weight excluding hydrogens is 290 g/mol. The largest absolute Gasteiger partial charge is 0.446 e. The smallest absolute Gasteiger partial charge is 0.417 e. The minimum Gasteiger partial charge on any atom is -0.446 e. The highest BCUT2D eigenvalue weighted by molar-refractivity contribution is 6.00. The van der Waals surface area contributed by atoms with Crippen LogP contribution < -0.4 is 0 Å². The maximum atomic E-state index is 12.6. The summed E-state index contributed by atoms with van der Waals surface area (Å²) in [6.07, 6.45) is 7.11. The average molecular weight is 313 g/mol. The van der Waals surface area contributed by atoms with Crippen molar-refractivity contribution in [1.82, 2.24) is 4.90 Å². The fourth-order valence-corrected chi connectivity index (χ4v) is 3.53. The van der Waals surface area contributed by atoms with Crippen molar-refractivity contribution < 1.29 is 14.3 Å². The molecule has 2 amide bonds. The molecule has 4 nitrogen and oxygen atoms in total. The number of hydrogen-bond donors (Lipinski definition) is 0. The van der Waals surface area contributed by atoms with Gasteiger partial charge in [-0.25, -0.2) is 9.69 Å². The number of nitrogens with zero attached hydrogens (tertiary/aromatic N) is 1. The van der Waals surface area contributed by atoms with E-state index >= 15 is 0 Å². The van der Waals surface area contributed by atoms with Crippen molar-refractivity contribution in [2.45, 2.75) is 45.1 Å². The van der Waals surface area contributed by atoms with Gasteiger partial charge in [0, 0.05) is 6.08 Å². The van der Waals surface area contributed by atoms with Crippen LogP contribution in [0.2, 0.25) is 0 Å². The van der Waals surface area contributed by atoms with E-state index in [-0.39, 0.29) is 18.6 Å². The highest BCUT2D eigenvalue weighted by Crippen LogP contribution is 2.31. The van der Waals surface area contributed by atoms with Crippen LogP contribution in [0.4, 0.5) is 4.79 Å². The number of ether oxygens (including phenoxy) is 1. The van der Waals surface area contributed by atoms with Crippen LogP contribution in [0.1, 0.15) is 50.6 Å². The summed E-state index contributed by atoms with van der Waals surface area (Å²) in [5, 5.41) is 0. The summed E-state index contributed by atoms with van der Waals surface area (Å²) in [5.74, 6) is 0.214. The Balaban J connectivity index is 1.77. The summed E-state index contributed by atoms with van der Waals surface area (Å²) < 4.78 is 5.12. The molecule has 0 bridgehead atoms. The van der Waals surface area contributed by atoms with Crippen molar-refractivity contribution in [2.24, 2.45) is 5.92 Å². The molecule has 0 unspecified atom stereocenters. The molecule has 0 aromatic heterocycles. The van der Waals surface area contributed by atoms with E-state index in [0.29, 0.717) is 5.92 Å². The highest BCUT2D eigenvalue weighted by atomic mass is 16.6. The number of carbonyl (C=O) groups excluding carboxylic acids is 2. The van der Waals surface area contributed by atoms with E-state index in [9.17, 15) is 9.59 Å². The molecule has 2 fully saturated rings. The molecule has 23 heavy (non-hydrogen) atoms. The molecule has 0 N–H and O–H groups in total. The molecule has 1 heterocycles. The van der Waals surface area contributed by atoms with Crippen molar-refractivity contribution in [3.05, 3.63) is 47.5 Å². The Bertz CT molecular complexity index is 602. The number of amides is 2. The number of cyclic esters (lactones) is 1. The zero-order valence-corrected chi connectivity index (χ0v) is 13.5. The van der Waals surface area contributed by atoms with Crippen LogP contribution in [0, 0.1) is 5.92 Å². The molecule has 0 spiro atoms. The first-order valence-electron chi connectivity index (χ1n) is 8.40. The number of hydrogen-bond acceptors (Lipinski definition) is 3. The summed E-state index contributed by atoms with van der Waals surface area (Å²) in [5.41, 5.74) is 2.01. The van der Waals surface area contributed by atoms with Gasteiger partial charge in [-0.15, -0.1) is 0 Å². The SMILES string of the molecule is CC(=CC(=O)N1C(=O)OC[C@H]1c1ccccc1)C1CCCCC1. The number of imide groups is 1. The number of allylic oxidation sites excluding steroid dienone is 1.